The quantitative estimate of drug-likeness (QED) is 0.337. The monoisotopic (exact) mass is 185 g/mol. The summed E-state index contributed by atoms with van der Waals surface area (Å²) in [6.07, 6.45) is 0. The highest BCUT2D eigenvalue weighted by Gasteiger charge is 1.93. The topological polar surface area (TPSA) is 30.5 Å². The van der Waals surface area contributed by atoms with Crippen LogP contribution in [0.2, 0.25) is 0 Å². The van der Waals surface area contributed by atoms with E-state index in [1.165, 1.54) is 17.6 Å². The molecule has 1 aromatic carbocycles. The first-order valence-corrected chi connectivity index (χ1v) is 4.30. The first-order chi connectivity index (χ1) is 5.83. The molecule has 1 rings (SSSR count). The van der Waals surface area contributed by atoms with Gasteiger partial charge in [-0.15, -0.1) is 9.32 Å². The highest BCUT2D eigenvalue weighted by atomic mass is 32.2. The minimum Gasteiger partial charge on any atom is -0.172 e. The minimum atomic E-state index is 1.01. The minimum absolute atomic E-state index is 1.01. The van der Waals surface area contributed by atoms with E-state index in [-0.39, 0.29) is 0 Å². The van der Waals surface area contributed by atoms with Crippen molar-refractivity contribution in [1.82, 2.24) is 5.48 Å². The van der Waals surface area contributed by atoms with Gasteiger partial charge in [-0.05, 0) is 19.1 Å². The smallest absolute Gasteiger partial charge is 0.0702 e. The molecule has 4 heteroatoms. The Morgan fingerprint density at radius 2 is 1.92 bits per heavy atom. The summed E-state index contributed by atoms with van der Waals surface area (Å²) >= 11 is 1.17. The second-order valence-corrected chi connectivity index (χ2v) is 3.03. The third kappa shape index (κ3) is 3.23. The summed E-state index contributed by atoms with van der Waals surface area (Å²) in [6.45, 7) is 2.04. The van der Waals surface area contributed by atoms with Crippen LogP contribution in [0, 0.1) is 6.92 Å². The Bertz CT molecular complexity index is 225. The fourth-order valence-electron chi connectivity index (χ4n) is 0.684. The van der Waals surface area contributed by atoms with Crippen molar-refractivity contribution in [2.75, 3.05) is 7.05 Å². The van der Waals surface area contributed by atoms with Gasteiger partial charge in [0.05, 0.1) is 12.0 Å². The predicted octanol–water partition coefficient (Wildman–Crippen LogP) is 2.08. The van der Waals surface area contributed by atoms with Crippen molar-refractivity contribution in [2.45, 2.75) is 11.8 Å². The lowest BCUT2D eigenvalue weighted by molar-refractivity contribution is -0.237. The van der Waals surface area contributed by atoms with Gasteiger partial charge in [-0.3, -0.25) is 0 Å². The van der Waals surface area contributed by atoms with Gasteiger partial charge in [-0.25, -0.2) is 0 Å². The van der Waals surface area contributed by atoms with Crippen LogP contribution in [0.4, 0.5) is 0 Å². The van der Waals surface area contributed by atoms with Crippen LogP contribution >= 0.6 is 12.0 Å². The third-order valence-corrected chi connectivity index (χ3v) is 1.87. The fourth-order valence-corrected chi connectivity index (χ4v) is 1.11. The highest BCUT2D eigenvalue weighted by molar-refractivity contribution is 7.94. The van der Waals surface area contributed by atoms with Crippen molar-refractivity contribution < 1.29 is 9.32 Å². The Labute approximate surface area is 76.2 Å². The van der Waals surface area contributed by atoms with Crippen molar-refractivity contribution in [1.29, 1.82) is 0 Å². The fraction of sp³-hybridized carbons (Fsp3) is 0.250. The van der Waals surface area contributed by atoms with Crippen LogP contribution in [-0.4, -0.2) is 7.05 Å². The van der Waals surface area contributed by atoms with Crippen LogP contribution in [0.15, 0.2) is 29.2 Å². The lowest BCUT2D eigenvalue weighted by Gasteiger charge is -1.99. The van der Waals surface area contributed by atoms with Crippen LogP contribution in [0.5, 0.6) is 0 Å². The SMILES string of the molecule is CNOOSc1ccc(C)cc1. The average molecular weight is 185 g/mol. The maximum Gasteiger partial charge on any atom is 0.0702 e. The van der Waals surface area contributed by atoms with Crippen LogP contribution in [0.1, 0.15) is 5.56 Å². The van der Waals surface area contributed by atoms with Gasteiger partial charge >= 0.3 is 0 Å². The molecular weight excluding hydrogens is 174 g/mol. The Morgan fingerprint density at radius 1 is 1.25 bits per heavy atom. The molecule has 0 saturated carbocycles. The predicted molar refractivity (Wildman–Crippen MR) is 48.3 cm³/mol. The molecule has 3 nitrogen and oxygen atoms in total. The molecule has 0 fully saturated rings. The molecular formula is C8H11NO2S. The lowest BCUT2D eigenvalue weighted by Crippen LogP contribution is -2.03. The highest BCUT2D eigenvalue weighted by Crippen LogP contribution is 2.18. The van der Waals surface area contributed by atoms with Crippen LogP contribution in [0.25, 0.3) is 0 Å². The van der Waals surface area contributed by atoms with E-state index in [2.05, 4.69) is 10.5 Å². The van der Waals surface area contributed by atoms with E-state index < -0.39 is 0 Å². The van der Waals surface area contributed by atoms with Gasteiger partial charge in [-0.1, -0.05) is 17.7 Å². The summed E-state index contributed by atoms with van der Waals surface area (Å²) in [5, 5.41) is 0. The Kier molecular flexibility index (Phi) is 4.10. The van der Waals surface area contributed by atoms with E-state index in [4.69, 9.17) is 4.33 Å². The molecule has 0 saturated heterocycles. The van der Waals surface area contributed by atoms with Crippen molar-refractivity contribution in [3.8, 4) is 0 Å². The number of hydrogen-bond donors (Lipinski definition) is 1. The molecule has 1 N–H and O–H groups in total. The molecule has 0 heterocycles. The lowest BCUT2D eigenvalue weighted by atomic mass is 10.2. The molecule has 0 aromatic heterocycles. The van der Waals surface area contributed by atoms with Crippen LogP contribution in [-0.2, 0) is 9.32 Å². The summed E-state index contributed by atoms with van der Waals surface area (Å²) in [4.78, 5) is 5.49. The Hall–Kier alpha value is -0.550. The van der Waals surface area contributed by atoms with Crippen molar-refractivity contribution in [3.05, 3.63) is 29.8 Å². The Morgan fingerprint density at radius 3 is 2.50 bits per heavy atom. The summed E-state index contributed by atoms with van der Waals surface area (Å²) in [7, 11) is 1.63. The van der Waals surface area contributed by atoms with Crippen LogP contribution < -0.4 is 5.48 Å². The number of benzene rings is 1. The number of rotatable bonds is 4. The molecule has 12 heavy (non-hydrogen) atoms. The average Bonchev–Trinajstić information content (AvgIpc) is 2.09. The van der Waals surface area contributed by atoms with E-state index in [9.17, 15) is 0 Å². The third-order valence-electron chi connectivity index (χ3n) is 1.27. The standard InChI is InChI=1S/C8H11NO2S/c1-7-3-5-8(6-4-7)12-11-10-9-2/h3-6,9H,1-2H3. The molecule has 0 unspecified atom stereocenters. The zero-order valence-electron chi connectivity index (χ0n) is 7.03. The summed E-state index contributed by atoms with van der Waals surface area (Å²) in [6, 6.07) is 7.98. The van der Waals surface area contributed by atoms with Gasteiger partial charge in [0, 0.05) is 11.9 Å². The largest absolute Gasteiger partial charge is 0.172 e. The van der Waals surface area contributed by atoms with Gasteiger partial charge < -0.3 is 0 Å². The molecule has 0 radical (unpaired) electrons. The first-order valence-electron chi connectivity index (χ1n) is 3.56. The molecule has 0 aliphatic carbocycles. The maximum atomic E-state index is 4.71. The zero-order valence-corrected chi connectivity index (χ0v) is 7.85. The first kappa shape index (κ1) is 9.54. The molecule has 0 aliphatic heterocycles. The van der Waals surface area contributed by atoms with E-state index >= 15 is 0 Å². The normalized spacial score (nSPS) is 10.2. The molecule has 0 aliphatic rings. The molecule has 66 valence electrons. The van der Waals surface area contributed by atoms with E-state index in [1.54, 1.807) is 7.05 Å². The van der Waals surface area contributed by atoms with Gasteiger partial charge in [-0.2, -0.15) is 5.48 Å². The molecule has 0 amide bonds. The summed E-state index contributed by atoms with van der Waals surface area (Å²) in [5.74, 6) is 0. The van der Waals surface area contributed by atoms with Crippen molar-refractivity contribution in [3.63, 3.8) is 0 Å². The second-order valence-electron chi connectivity index (χ2n) is 2.25. The maximum absolute atomic E-state index is 4.71. The number of nitrogens with one attached hydrogen (secondary N) is 1. The van der Waals surface area contributed by atoms with Gasteiger partial charge in [0.15, 0.2) is 0 Å². The van der Waals surface area contributed by atoms with E-state index in [0.717, 1.165) is 4.90 Å². The van der Waals surface area contributed by atoms with Crippen molar-refractivity contribution >= 4 is 12.0 Å². The molecule has 0 atom stereocenters. The van der Waals surface area contributed by atoms with E-state index in [0.29, 0.717) is 0 Å². The van der Waals surface area contributed by atoms with Crippen molar-refractivity contribution in [2.24, 2.45) is 0 Å². The number of aryl methyl sites for hydroxylation is 1. The summed E-state index contributed by atoms with van der Waals surface area (Å²) < 4.78 is 4.71. The molecule has 1 aromatic rings. The Balaban J connectivity index is 2.37. The van der Waals surface area contributed by atoms with E-state index in [1.807, 2.05) is 31.2 Å². The second kappa shape index (κ2) is 5.16. The summed E-state index contributed by atoms with van der Waals surface area (Å²) in [5.41, 5.74) is 3.64. The van der Waals surface area contributed by atoms with Gasteiger partial charge in [0.25, 0.3) is 0 Å². The number of hydroxylamine groups is 1. The molecule has 0 bridgehead atoms. The number of hydrogen-bond acceptors (Lipinski definition) is 4. The molecule has 0 spiro atoms. The van der Waals surface area contributed by atoms with Gasteiger partial charge in [0.1, 0.15) is 0 Å². The zero-order chi connectivity index (χ0) is 8.81. The van der Waals surface area contributed by atoms with Crippen LogP contribution in [0.3, 0.4) is 0 Å². The van der Waals surface area contributed by atoms with Gasteiger partial charge in [0.2, 0.25) is 0 Å².